The number of hydrogen-bond donors (Lipinski definition) is 0. The van der Waals surface area contributed by atoms with Crippen molar-refractivity contribution in [3.63, 3.8) is 0 Å². The Balaban J connectivity index is 1.75. The summed E-state index contributed by atoms with van der Waals surface area (Å²) < 4.78 is 10.9. The molecular weight excluding hydrogens is 386 g/mol. The molecule has 1 saturated heterocycles. The van der Waals surface area contributed by atoms with E-state index in [1.165, 1.54) is 9.80 Å². The van der Waals surface area contributed by atoms with Gasteiger partial charge in [0.1, 0.15) is 5.75 Å². The quantitative estimate of drug-likeness (QED) is 0.711. The minimum Gasteiger partial charge on any atom is -0.492 e. The molecule has 3 aliphatic rings. The largest absolute Gasteiger partial charge is 0.492 e. The Morgan fingerprint density at radius 3 is 2.57 bits per heavy atom. The van der Waals surface area contributed by atoms with Gasteiger partial charge < -0.3 is 14.4 Å². The lowest BCUT2D eigenvalue weighted by Crippen LogP contribution is -2.65. The average Bonchev–Trinajstić information content (AvgIpc) is 3.23. The first-order valence-electron chi connectivity index (χ1n) is 10.1. The molecular formula is C21H27N5O4. The Kier molecular flexibility index (Phi) is 5.15. The van der Waals surface area contributed by atoms with Crippen molar-refractivity contribution in [2.75, 3.05) is 38.8 Å². The summed E-state index contributed by atoms with van der Waals surface area (Å²) in [6, 6.07) is 6.80. The van der Waals surface area contributed by atoms with Crippen LogP contribution in [0.25, 0.3) is 0 Å². The summed E-state index contributed by atoms with van der Waals surface area (Å²) in [5, 5.41) is 0. The molecule has 1 aromatic rings. The molecule has 9 nitrogen and oxygen atoms in total. The number of imide groups is 1. The number of aliphatic imine (C=N–C) groups is 1. The van der Waals surface area contributed by atoms with E-state index >= 15 is 0 Å². The van der Waals surface area contributed by atoms with Crippen LogP contribution >= 0.6 is 0 Å². The van der Waals surface area contributed by atoms with Crippen molar-refractivity contribution >= 4 is 23.6 Å². The lowest BCUT2D eigenvalue weighted by atomic mass is 10.1. The number of hydrogen-bond acceptors (Lipinski definition) is 7. The van der Waals surface area contributed by atoms with Gasteiger partial charge in [0.25, 0.3) is 5.91 Å². The number of para-hydroxylation sites is 2. The van der Waals surface area contributed by atoms with Crippen LogP contribution in [-0.4, -0.2) is 78.7 Å². The van der Waals surface area contributed by atoms with E-state index in [-0.39, 0.29) is 25.1 Å². The number of urea groups is 1. The molecule has 0 aromatic heterocycles. The van der Waals surface area contributed by atoms with E-state index in [2.05, 4.69) is 0 Å². The molecule has 0 radical (unpaired) electrons. The van der Waals surface area contributed by atoms with Crippen molar-refractivity contribution in [2.45, 2.75) is 33.0 Å². The number of anilines is 1. The van der Waals surface area contributed by atoms with Crippen LogP contribution in [0.2, 0.25) is 0 Å². The number of amides is 3. The van der Waals surface area contributed by atoms with Crippen LogP contribution in [0.3, 0.4) is 0 Å². The molecule has 0 bridgehead atoms. The molecule has 1 fully saturated rings. The number of rotatable bonds is 6. The van der Waals surface area contributed by atoms with Crippen LogP contribution in [0.4, 0.5) is 10.5 Å². The molecule has 160 valence electrons. The lowest BCUT2D eigenvalue weighted by molar-refractivity contribution is -0.137. The third kappa shape index (κ3) is 2.84. The van der Waals surface area contributed by atoms with Crippen molar-refractivity contribution in [3.05, 3.63) is 35.7 Å². The summed E-state index contributed by atoms with van der Waals surface area (Å²) in [6.45, 7) is 6.95. The molecule has 0 N–H and O–H groups in total. The van der Waals surface area contributed by atoms with Gasteiger partial charge in [0.05, 0.1) is 25.4 Å². The molecule has 3 aliphatic heterocycles. The van der Waals surface area contributed by atoms with Crippen LogP contribution in [0.5, 0.6) is 5.75 Å². The van der Waals surface area contributed by atoms with Crippen LogP contribution in [0.15, 0.2) is 40.7 Å². The number of methoxy groups -OCH3 is 1. The molecule has 30 heavy (non-hydrogen) atoms. The highest BCUT2D eigenvalue weighted by Crippen LogP contribution is 2.42. The fourth-order valence-corrected chi connectivity index (χ4v) is 4.21. The normalized spacial score (nSPS) is 23.3. The molecule has 9 heteroatoms. The third-order valence-electron chi connectivity index (χ3n) is 5.82. The van der Waals surface area contributed by atoms with Gasteiger partial charge in [-0.2, -0.15) is 0 Å². The number of ether oxygens (including phenoxy) is 2. The number of nitrogens with zero attached hydrogens (tertiary/aromatic N) is 5. The van der Waals surface area contributed by atoms with Gasteiger partial charge in [-0.15, -0.1) is 0 Å². The zero-order valence-corrected chi connectivity index (χ0v) is 18.0. The van der Waals surface area contributed by atoms with Crippen molar-refractivity contribution < 1.29 is 19.1 Å². The first-order valence-corrected chi connectivity index (χ1v) is 10.1. The highest BCUT2D eigenvalue weighted by atomic mass is 16.5. The topological polar surface area (TPSA) is 77.9 Å². The number of carbonyl (C=O) groups excluding carboxylic acids is 2. The predicted molar refractivity (Wildman–Crippen MR) is 112 cm³/mol. The monoisotopic (exact) mass is 413 g/mol. The maximum Gasteiger partial charge on any atom is 0.328 e. The van der Waals surface area contributed by atoms with Crippen molar-refractivity contribution in [2.24, 2.45) is 4.99 Å². The molecule has 0 aliphatic carbocycles. The second-order valence-electron chi connectivity index (χ2n) is 7.44. The lowest BCUT2D eigenvalue weighted by Gasteiger charge is -2.40. The van der Waals surface area contributed by atoms with Crippen LogP contribution < -0.4 is 9.64 Å². The fraction of sp³-hybridized carbons (Fsp3) is 0.476. The summed E-state index contributed by atoms with van der Waals surface area (Å²) in [6.07, 6.45) is -0.580. The van der Waals surface area contributed by atoms with Gasteiger partial charge in [-0.25, -0.2) is 9.79 Å². The molecule has 3 heterocycles. The minimum atomic E-state index is -0.598. The molecule has 1 aromatic carbocycles. The van der Waals surface area contributed by atoms with E-state index in [0.717, 1.165) is 22.8 Å². The maximum atomic E-state index is 13.3. The van der Waals surface area contributed by atoms with Gasteiger partial charge in [0, 0.05) is 25.6 Å². The fourth-order valence-electron chi connectivity index (χ4n) is 4.21. The zero-order valence-electron chi connectivity index (χ0n) is 18.0. The van der Waals surface area contributed by atoms with E-state index < -0.39 is 12.2 Å². The Morgan fingerprint density at radius 1 is 1.13 bits per heavy atom. The maximum absolute atomic E-state index is 13.3. The number of carbonyl (C=O) groups is 2. The SMILES string of the molecule is CCOc1ccccc1N1C2=NC3C(C(=O)N(CCOC)C(=O)N3C)N2C(C)=C1C. The van der Waals surface area contributed by atoms with E-state index in [1.807, 2.05) is 54.8 Å². The number of allylic oxidation sites excluding steroid dienone is 2. The minimum absolute atomic E-state index is 0.212. The summed E-state index contributed by atoms with van der Waals surface area (Å²) in [4.78, 5) is 37.7. The van der Waals surface area contributed by atoms with Crippen LogP contribution in [0.1, 0.15) is 20.8 Å². The predicted octanol–water partition coefficient (Wildman–Crippen LogP) is 2.06. The summed E-state index contributed by atoms with van der Waals surface area (Å²) in [5.74, 6) is 1.11. The summed E-state index contributed by atoms with van der Waals surface area (Å²) in [5.41, 5.74) is 2.75. The first-order chi connectivity index (χ1) is 14.4. The summed E-state index contributed by atoms with van der Waals surface area (Å²) in [7, 11) is 3.23. The van der Waals surface area contributed by atoms with Crippen LogP contribution in [0, 0.1) is 0 Å². The van der Waals surface area contributed by atoms with E-state index in [4.69, 9.17) is 14.5 Å². The van der Waals surface area contributed by atoms with Crippen molar-refractivity contribution in [1.29, 1.82) is 0 Å². The second-order valence-corrected chi connectivity index (χ2v) is 7.44. The molecule has 3 amide bonds. The molecule has 4 rings (SSSR count). The molecule has 0 spiro atoms. The Hall–Kier alpha value is -3.07. The highest BCUT2D eigenvalue weighted by Gasteiger charge is 2.56. The molecule has 0 saturated carbocycles. The number of fused-ring (bicyclic) bond motifs is 3. The number of likely N-dealkylation sites (N-methyl/N-ethyl adjacent to an activating group) is 1. The number of guanidine groups is 1. The first kappa shape index (κ1) is 20.2. The average molecular weight is 413 g/mol. The Morgan fingerprint density at radius 2 is 1.87 bits per heavy atom. The smallest absolute Gasteiger partial charge is 0.328 e. The van der Waals surface area contributed by atoms with Gasteiger partial charge >= 0.3 is 6.03 Å². The Labute approximate surface area is 176 Å². The van der Waals surface area contributed by atoms with Gasteiger partial charge in [0.2, 0.25) is 5.96 Å². The zero-order chi connectivity index (χ0) is 21.6. The third-order valence-corrected chi connectivity index (χ3v) is 5.82. The van der Waals surface area contributed by atoms with Gasteiger partial charge in [-0.3, -0.25) is 19.5 Å². The molecule has 2 unspecified atom stereocenters. The highest BCUT2D eigenvalue weighted by molar-refractivity contribution is 6.11. The Bertz CT molecular complexity index is 943. The van der Waals surface area contributed by atoms with Gasteiger partial charge in [-0.05, 0) is 32.9 Å². The standard InChI is InChI=1S/C21H27N5O4/c1-6-30-16-10-8-7-9-15(16)25-13(2)14(3)26-17-18(22-20(25)26)23(4)21(28)24(19(17)27)11-12-29-5/h7-10,17-18H,6,11-12H2,1-5H3. The van der Waals surface area contributed by atoms with Gasteiger partial charge in [0.15, 0.2) is 12.2 Å². The van der Waals surface area contributed by atoms with Gasteiger partial charge in [-0.1, -0.05) is 12.1 Å². The van der Waals surface area contributed by atoms with E-state index in [9.17, 15) is 9.59 Å². The van der Waals surface area contributed by atoms with E-state index in [1.54, 1.807) is 14.2 Å². The molecule has 2 atom stereocenters. The van der Waals surface area contributed by atoms with Crippen molar-refractivity contribution in [3.8, 4) is 5.75 Å². The summed E-state index contributed by atoms with van der Waals surface area (Å²) >= 11 is 0. The van der Waals surface area contributed by atoms with E-state index in [0.29, 0.717) is 12.6 Å². The van der Waals surface area contributed by atoms with Crippen LogP contribution in [-0.2, 0) is 9.53 Å². The second kappa shape index (κ2) is 7.64. The van der Waals surface area contributed by atoms with Crippen molar-refractivity contribution in [1.82, 2.24) is 14.7 Å². The number of benzene rings is 1.